The second kappa shape index (κ2) is 6.85. The molecule has 112 valence electrons. The first-order valence-electron chi connectivity index (χ1n) is 6.41. The zero-order chi connectivity index (χ0) is 16.1. The normalized spacial score (nSPS) is 11.4. The van der Waals surface area contributed by atoms with Crippen molar-refractivity contribution in [3.8, 4) is 22.9 Å². The van der Waals surface area contributed by atoms with Gasteiger partial charge >= 0.3 is 0 Å². The summed E-state index contributed by atoms with van der Waals surface area (Å²) in [4.78, 5) is 0. The third-order valence-electron chi connectivity index (χ3n) is 3.18. The van der Waals surface area contributed by atoms with E-state index in [9.17, 15) is 0 Å². The minimum absolute atomic E-state index is 0.116. The summed E-state index contributed by atoms with van der Waals surface area (Å²) in [5, 5.41) is 9.50. The first-order chi connectivity index (χ1) is 10.6. The average Bonchev–Trinajstić information content (AvgIpc) is 2.56. The van der Waals surface area contributed by atoms with Gasteiger partial charge in [0.1, 0.15) is 11.8 Å². The van der Waals surface area contributed by atoms with E-state index in [1.54, 1.807) is 19.2 Å². The van der Waals surface area contributed by atoms with Crippen LogP contribution in [0.2, 0.25) is 5.02 Å². The van der Waals surface area contributed by atoms with E-state index in [0.29, 0.717) is 16.3 Å². The van der Waals surface area contributed by atoms with Gasteiger partial charge < -0.3 is 15.9 Å². The molecule has 0 saturated heterocycles. The Kier molecular flexibility index (Phi) is 4.89. The highest BCUT2D eigenvalue weighted by molar-refractivity contribution is 6.32. The van der Waals surface area contributed by atoms with Gasteiger partial charge in [-0.05, 0) is 29.3 Å². The average molecular weight is 315 g/mol. The summed E-state index contributed by atoms with van der Waals surface area (Å²) in [7, 11) is 1.57. The van der Waals surface area contributed by atoms with Gasteiger partial charge in [-0.25, -0.2) is 5.84 Å². The van der Waals surface area contributed by atoms with Gasteiger partial charge in [0.25, 0.3) is 0 Å². The Morgan fingerprint density at radius 1 is 1.23 bits per heavy atom. The Bertz CT molecular complexity index is 765. The molecule has 0 spiro atoms. The number of nitrogens with one attached hydrogen (secondary N) is 1. The van der Waals surface area contributed by atoms with Crippen LogP contribution in [0.25, 0.3) is 16.8 Å². The maximum atomic E-state index is 8.98. The molecule has 0 aromatic heterocycles. The van der Waals surface area contributed by atoms with Crippen molar-refractivity contribution < 1.29 is 4.74 Å². The molecule has 2 rings (SSSR count). The number of nitrogens with two attached hydrogens (primary N) is 2. The van der Waals surface area contributed by atoms with E-state index < -0.39 is 0 Å². The number of nitriles is 1. The summed E-state index contributed by atoms with van der Waals surface area (Å²) in [5.74, 6) is 5.89. The molecule has 6 heteroatoms. The molecule has 0 unspecified atom stereocenters. The molecular weight excluding hydrogens is 300 g/mol. The van der Waals surface area contributed by atoms with Crippen LogP contribution in [0.1, 0.15) is 5.56 Å². The van der Waals surface area contributed by atoms with Crippen molar-refractivity contribution in [1.29, 1.82) is 5.26 Å². The Hall–Kier alpha value is -2.68. The van der Waals surface area contributed by atoms with E-state index in [2.05, 4.69) is 5.43 Å². The van der Waals surface area contributed by atoms with Crippen molar-refractivity contribution in [2.24, 2.45) is 11.6 Å². The van der Waals surface area contributed by atoms with Crippen LogP contribution >= 0.6 is 11.6 Å². The molecule has 0 amide bonds. The lowest BCUT2D eigenvalue weighted by atomic mass is 10.0. The number of rotatable bonds is 4. The fourth-order valence-corrected chi connectivity index (χ4v) is 2.28. The monoisotopic (exact) mass is 314 g/mol. The van der Waals surface area contributed by atoms with Gasteiger partial charge in [0.2, 0.25) is 0 Å². The van der Waals surface area contributed by atoms with E-state index >= 15 is 0 Å². The molecule has 2 aromatic rings. The van der Waals surface area contributed by atoms with E-state index in [1.807, 2.05) is 36.4 Å². The number of nitrogens with zero attached hydrogens (tertiary/aromatic N) is 1. The summed E-state index contributed by atoms with van der Waals surface area (Å²) in [6.45, 7) is 0. The number of hydrogen-bond donors (Lipinski definition) is 3. The summed E-state index contributed by atoms with van der Waals surface area (Å²) in [5.41, 5.74) is 11.2. The molecule has 0 bridgehead atoms. The number of allylic oxidation sites excluding steroid dienone is 1. The first-order valence-corrected chi connectivity index (χ1v) is 6.79. The standard InChI is InChI=1S/C16H15ClN4O/c1-22-15-6-5-11(8-13(15)17)10-3-2-4-12(7-10)16(19)14(9-18)21-20/h2-8,21H,19-20H2,1H3/b16-14-. The van der Waals surface area contributed by atoms with Crippen LogP contribution in [0.5, 0.6) is 5.75 Å². The predicted molar refractivity (Wildman–Crippen MR) is 87.5 cm³/mol. The van der Waals surface area contributed by atoms with Gasteiger partial charge in [0, 0.05) is 5.56 Å². The zero-order valence-corrected chi connectivity index (χ0v) is 12.7. The van der Waals surface area contributed by atoms with Crippen molar-refractivity contribution in [1.82, 2.24) is 5.43 Å². The fourth-order valence-electron chi connectivity index (χ4n) is 2.03. The van der Waals surface area contributed by atoms with Crippen LogP contribution < -0.4 is 21.7 Å². The van der Waals surface area contributed by atoms with E-state index in [-0.39, 0.29) is 11.4 Å². The van der Waals surface area contributed by atoms with Crippen molar-refractivity contribution in [2.45, 2.75) is 0 Å². The fraction of sp³-hybridized carbons (Fsp3) is 0.0625. The SMILES string of the molecule is COc1ccc(-c2cccc(/C(N)=C(\C#N)NN)c2)cc1Cl. The van der Waals surface area contributed by atoms with E-state index in [1.165, 1.54) is 0 Å². The van der Waals surface area contributed by atoms with Gasteiger partial charge in [-0.1, -0.05) is 35.9 Å². The van der Waals surface area contributed by atoms with E-state index in [0.717, 1.165) is 11.1 Å². The smallest absolute Gasteiger partial charge is 0.151 e. The van der Waals surface area contributed by atoms with Crippen molar-refractivity contribution in [3.63, 3.8) is 0 Å². The molecule has 0 fully saturated rings. The summed E-state index contributed by atoms with van der Waals surface area (Å²) in [6.07, 6.45) is 0. The highest BCUT2D eigenvalue weighted by Crippen LogP contribution is 2.31. The van der Waals surface area contributed by atoms with Gasteiger partial charge in [0.15, 0.2) is 5.70 Å². The number of methoxy groups -OCH3 is 1. The first kappa shape index (κ1) is 15.7. The lowest BCUT2D eigenvalue weighted by Gasteiger charge is -2.09. The quantitative estimate of drug-likeness (QED) is 0.458. The molecule has 2 aromatic carbocycles. The van der Waals surface area contributed by atoms with Crippen LogP contribution in [0.3, 0.4) is 0 Å². The molecule has 0 heterocycles. The molecule has 22 heavy (non-hydrogen) atoms. The van der Waals surface area contributed by atoms with Crippen molar-refractivity contribution >= 4 is 17.3 Å². The second-order valence-electron chi connectivity index (χ2n) is 4.47. The number of ether oxygens (including phenoxy) is 1. The summed E-state index contributed by atoms with van der Waals surface area (Å²) < 4.78 is 5.14. The van der Waals surface area contributed by atoms with Crippen LogP contribution in [0.4, 0.5) is 0 Å². The molecule has 0 saturated carbocycles. The van der Waals surface area contributed by atoms with Gasteiger partial charge in [-0.2, -0.15) is 5.26 Å². The number of benzene rings is 2. The topological polar surface area (TPSA) is 97.1 Å². The van der Waals surface area contributed by atoms with Crippen LogP contribution in [-0.4, -0.2) is 7.11 Å². The Labute approximate surface area is 133 Å². The van der Waals surface area contributed by atoms with Crippen LogP contribution in [-0.2, 0) is 0 Å². The van der Waals surface area contributed by atoms with Gasteiger partial charge in [-0.3, -0.25) is 0 Å². The molecular formula is C16H15ClN4O. The molecule has 0 atom stereocenters. The van der Waals surface area contributed by atoms with Crippen molar-refractivity contribution in [3.05, 3.63) is 58.7 Å². The lowest BCUT2D eigenvalue weighted by Crippen LogP contribution is -2.23. The molecule has 5 N–H and O–H groups in total. The largest absolute Gasteiger partial charge is 0.495 e. The summed E-state index contributed by atoms with van der Waals surface area (Å²) in [6, 6.07) is 14.9. The Morgan fingerprint density at radius 3 is 2.55 bits per heavy atom. The zero-order valence-electron chi connectivity index (χ0n) is 11.9. The van der Waals surface area contributed by atoms with E-state index in [4.69, 9.17) is 33.2 Å². The predicted octanol–water partition coefficient (Wildman–Crippen LogP) is 2.63. The molecule has 0 aliphatic carbocycles. The highest BCUT2D eigenvalue weighted by Gasteiger charge is 2.08. The van der Waals surface area contributed by atoms with Gasteiger partial charge in [0.05, 0.1) is 17.8 Å². The molecule has 5 nitrogen and oxygen atoms in total. The number of hydrazine groups is 1. The number of halogens is 1. The Balaban J connectivity index is 2.47. The second-order valence-corrected chi connectivity index (χ2v) is 4.88. The maximum Gasteiger partial charge on any atom is 0.151 e. The minimum atomic E-state index is 0.116. The van der Waals surface area contributed by atoms with Crippen LogP contribution in [0, 0.1) is 11.3 Å². The molecule has 0 radical (unpaired) electrons. The lowest BCUT2D eigenvalue weighted by molar-refractivity contribution is 0.415. The van der Waals surface area contributed by atoms with Crippen LogP contribution in [0.15, 0.2) is 48.2 Å². The maximum absolute atomic E-state index is 8.98. The minimum Gasteiger partial charge on any atom is -0.495 e. The summed E-state index contributed by atoms with van der Waals surface area (Å²) >= 11 is 6.15. The highest BCUT2D eigenvalue weighted by atomic mass is 35.5. The Morgan fingerprint density at radius 2 is 1.95 bits per heavy atom. The number of hydrogen-bond acceptors (Lipinski definition) is 5. The third-order valence-corrected chi connectivity index (χ3v) is 3.48. The molecule has 0 aliphatic heterocycles. The van der Waals surface area contributed by atoms with Crippen molar-refractivity contribution in [2.75, 3.05) is 7.11 Å². The molecule has 0 aliphatic rings. The van der Waals surface area contributed by atoms with Gasteiger partial charge in [-0.15, -0.1) is 0 Å². The third kappa shape index (κ3) is 3.14.